The van der Waals surface area contributed by atoms with Crippen LogP contribution in [-0.4, -0.2) is 26.7 Å². The summed E-state index contributed by atoms with van der Waals surface area (Å²) in [7, 11) is -3.28. The first kappa shape index (κ1) is 15.8. The van der Waals surface area contributed by atoms with Crippen LogP contribution >= 0.6 is 0 Å². The van der Waals surface area contributed by atoms with Crippen molar-refractivity contribution in [3.05, 3.63) is 23.8 Å². The van der Waals surface area contributed by atoms with Crippen molar-refractivity contribution in [3.8, 4) is 0 Å². The van der Waals surface area contributed by atoms with Crippen molar-refractivity contribution in [2.45, 2.75) is 50.0 Å². The summed E-state index contributed by atoms with van der Waals surface area (Å²) in [4.78, 5) is 12.2. The molecule has 5 nitrogen and oxygen atoms in total. The third-order valence-corrected chi connectivity index (χ3v) is 4.94. The minimum atomic E-state index is -3.28. The number of amides is 2. The second-order valence-electron chi connectivity index (χ2n) is 5.68. The lowest BCUT2D eigenvalue weighted by molar-refractivity contribution is 0.244. The van der Waals surface area contributed by atoms with E-state index in [9.17, 15) is 13.2 Å². The van der Waals surface area contributed by atoms with E-state index >= 15 is 0 Å². The lowest BCUT2D eigenvalue weighted by atomic mass is 9.96. The van der Waals surface area contributed by atoms with Gasteiger partial charge in [-0.15, -0.1) is 0 Å². The van der Waals surface area contributed by atoms with Gasteiger partial charge in [0.1, 0.15) is 0 Å². The summed E-state index contributed by atoms with van der Waals surface area (Å²) in [6.07, 6.45) is 6.70. The molecule has 0 spiro atoms. The summed E-state index contributed by atoms with van der Waals surface area (Å²) in [5.74, 6) is 0. The van der Waals surface area contributed by atoms with Gasteiger partial charge in [0.25, 0.3) is 0 Å². The molecule has 1 aromatic carbocycles. The van der Waals surface area contributed by atoms with Crippen molar-refractivity contribution < 1.29 is 13.2 Å². The average molecular weight is 310 g/mol. The highest BCUT2D eigenvalue weighted by atomic mass is 32.2. The monoisotopic (exact) mass is 310 g/mol. The first-order valence-corrected chi connectivity index (χ1v) is 9.13. The van der Waals surface area contributed by atoms with E-state index in [1.165, 1.54) is 12.5 Å². The molecule has 0 unspecified atom stereocenters. The van der Waals surface area contributed by atoms with Crippen LogP contribution in [0.4, 0.5) is 10.5 Å². The number of rotatable bonds is 3. The second kappa shape index (κ2) is 6.47. The van der Waals surface area contributed by atoms with Crippen molar-refractivity contribution >= 4 is 21.6 Å². The number of nitrogens with one attached hydrogen (secondary N) is 2. The maximum atomic E-state index is 12.0. The number of benzene rings is 1. The standard InChI is InChI=1S/C15H22N2O3S/c1-11-8-9-13(21(2,19)20)10-14(11)17-15(18)16-12-6-4-3-5-7-12/h8-10,12H,3-7H2,1-2H3,(H2,16,17,18). The van der Waals surface area contributed by atoms with Gasteiger partial charge >= 0.3 is 6.03 Å². The van der Waals surface area contributed by atoms with Crippen molar-refractivity contribution in [1.82, 2.24) is 5.32 Å². The smallest absolute Gasteiger partial charge is 0.319 e. The van der Waals surface area contributed by atoms with Crippen LogP contribution in [0.25, 0.3) is 0 Å². The van der Waals surface area contributed by atoms with Crippen molar-refractivity contribution in [1.29, 1.82) is 0 Å². The quantitative estimate of drug-likeness (QED) is 0.901. The summed E-state index contributed by atoms with van der Waals surface area (Å²) >= 11 is 0. The van der Waals surface area contributed by atoms with E-state index in [0.717, 1.165) is 37.5 Å². The van der Waals surface area contributed by atoms with Gasteiger partial charge in [0, 0.05) is 18.0 Å². The zero-order chi connectivity index (χ0) is 15.5. The van der Waals surface area contributed by atoms with Gasteiger partial charge in [0.2, 0.25) is 0 Å². The molecule has 1 fully saturated rings. The Kier molecular flexibility index (Phi) is 4.88. The molecule has 0 aliphatic heterocycles. The summed E-state index contributed by atoms with van der Waals surface area (Å²) in [5, 5.41) is 5.71. The maximum absolute atomic E-state index is 12.0. The normalized spacial score (nSPS) is 16.5. The van der Waals surface area contributed by atoms with Gasteiger partial charge in [-0.25, -0.2) is 13.2 Å². The third kappa shape index (κ3) is 4.46. The zero-order valence-corrected chi connectivity index (χ0v) is 13.3. The number of carbonyl (C=O) groups is 1. The van der Waals surface area contributed by atoms with Crippen LogP contribution in [-0.2, 0) is 9.84 Å². The molecule has 116 valence electrons. The SMILES string of the molecule is Cc1ccc(S(C)(=O)=O)cc1NC(=O)NC1CCCCC1. The molecule has 0 atom stereocenters. The minimum Gasteiger partial charge on any atom is -0.335 e. The second-order valence-corrected chi connectivity index (χ2v) is 7.70. The van der Waals surface area contributed by atoms with Crippen LogP contribution in [0.2, 0.25) is 0 Å². The van der Waals surface area contributed by atoms with Crippen molar-refractivity contribution in [2.75, 3.05) is 11.6 Å². The molecular formula is C15H22N2O3S. The molecule has 1 aliphatic carbocycles. The Morgan fingerprint density at radius 2 is 1.86 bits per heavy atom. The number of carbonyl (C=O) groups excluding carboxylic acids is 1. The van der Waals surface area contributed by atoms with Crippen molar-refractivity contribution in [3.63, 3.8) is 0 Å². The van der Waals surface area contributed by atoms with Crippen LogP contribution in [0, 0.1) is 6.92 Å². The van der Waals surface area contributed by atoms with Crippen LogP contribution in [0.3, 0.4) is 0 Å². The number of sulfone groups is 1. The van der Waals surface area contributed by atoms with E-state index in [1.54, 1.807) is 12.1 Å². The average Bonchev–Trinajstić information content (AvgIpc) is 2.41. The summed E-state index contributed by atoms with van der Waals surface area (Å²) in [6.45, 7) is 1.84. The van der Waals surface area contributed by atoms with Crippen LogP contribution in [0.15, 0.2) is 23.1 Å². The van der Waals surface area contributed by atoms with E-state index in [2.05, 4.69) is 10.6 Å². The van der Waals surface area contributed by atoms with E-state index in [4.69, 9.17) is 0 Å². The van der Waals surface area contributed by atoms with Gasteiger partial charge in [0.05, 0.1) is 4.90 Å². The first-order valence-electron chi connectivity index (χ1n) is 7.24. The highest BCUT2D eigenvalue weighted by Gasteiger charge is 2.16. The first-order chi connectivity index (χ1) is 9.86. The molecule has 1 aromatic rings. The summed E-state index contributed by atoms with van der Waals surface area (Å²) in [6, 6.07) is 4.71. The summed E-state index contributed by atoms with van der Waals surface area (Å²) in [5.41, 5.74) is 1.37. The Hall–Kier alpha value is -1.56. The number of hydrogen-bond donors (Lipinski definition) is 2. The van der Waals surface area contributed by atoms with Crippen molar-refractivity contribution in [2.24, 2.45) is 0 Å². The molecule has 6 heteroatoms. The van der Waals surface area contributed by atoms with E-state index in [1.807, 2.05) is 6.92 Å². The molecule has 1 saturated carbocycles. The topological polar surface area (TPSA) is 75.3 Å². The molecule has 0 heterocycles. The highest BCUT2D eigenvalue weighted by Crippen LogP contribution is 2.21. The summed E-state index contributed by atoms with van der Waals surface area (Å²) < 4.78 is 23.1. The van der Waals surface area contributed by atoms with Gasteiger partial charge in [-0.1, -0.05) is 25.3 Å². The molecule has 21 heavy (non-hydrogen) atoms. The van der Waals surface area contributed by atoms with Gasteiger partial charge in [0.15, 0.2) is 9.84 Å². The third-order valence-electron chi connectivity index (χ3n) is 3.83. The Bertz CT molecular complexity index is 620. The fourth-order valence-electron chi connectivity index (χ4n) is 2.56. The predicted octanol–water partition coefficient (Wildman–Crippen LogP) is 2.85. The van der Waals surface area contributed by atoms with E-state index in [-0.39, 0.29) is 17.0 Å². The Morgan fingerprint density at radius 1 is 1.19 bits per heavy atom. The molecule has 1 aliphatic rings. The van der Waals surface area contributed by atoms with Gasteiger partial charge < -0.3 is 10.6 Å². The van der Waals surface area contributed by atoms with Crippen LogP contribution in [0.1, 0.15) is 37.7 Å². The van der Waals surface area contributed by atoms with E-state index < -0.39 is 9.84 Å². The fourth-order valence-corrected chi connectivity index (χ4v) is 3.20. The highest BCUT2D eigenvalue weighted by molar-refractivity contribution is 7.90. The molecule has 0 aromatic heterocycles. The van der Waals surface area contributed by atoms with E-state index in [0.29, 0.717) is 5.69 Å². The molecule has 0 saturated heterocycles. The van der Waals surface area contributed by atoms with Crippen LogP contribution in [0.5, 0.6) is 0 Å². The number of urea groups is 1. The fraction of sp³-hybridized carbons (Fsp3) is 0.533. The number of anilines is 1. The predicted molar refractivity (Wildman–Crippen MR) is 83.3 cm³/mol. The molecule has 2 N–H and O–H groups in total. The Labute approximate surface area is 126 Å². The lowest BCUT2D eigenvalue weighted by Crippen LogP contribution is -2.39. The zero-order valence-electron chi connectivity index (χ0n) is 12.5. The minimum absolute atomic E-state index is 0.209. The van der Waals surface area contributed by atoms with Gasteiger partial charge in [-0.3, -0.25) is 0 Å². The molecule has 0 bridgehead atoms. The lowest BCUT2D eigenvalue weighted by Gasteiger charge is -2.23. The van der Waals surface area contributed by atoms with Gasteiger partial charge in [-0.05, 0) is 37.5 Å². The Balaban J connectivity index is 2.06. The maximum Gasteiger partial charge on any atom is 0.319 e. The molecule has 2 rings (SSSR count). The van der Waals surface area contributed by atoms with Gasteiger partial charge in [-0.2, -0.15) is 0 Å². The molecular weight excluding hydrogens is 288 g/mol. The molecule has 0 radical (unpaired) electrons. The largest absolute Gasteiger partial charge is 0.335 e. The number of hydrogen-bond acceptors (Lipinski definition) is 3. The molecule has 2 amide bonds. The van der Waals surface area contributed by atoms with Crippen LogP contribution < -0.4 is 10.6 Å². The number of aryl methyl sites for hydroxylation is 1. The Morgan fingerprint density at radius 3 is 2.48 bits per heavy atom.